The van der Waals surface area contributed by atoms with Crippen molar-refractivity contribution in [2.24, 2.45) is 17.4 Å². The van der Waals surface area contributed by atoms with Gasteiger partial charge < -0.3 is 16.4 Å². The Hall–Kier alpha value is -1.69. The molecule has 0 radical (unpaired) electrons. The van der Waals surface area contributed by atoms with E-state index in [1.165, 1.54) is 6.07 Å². The number of carbonyl (C=O) groups is 1. The maximum Gasteiger partial charge on any atom is 0.217 e. The molecular formula is C14H18FN3OS. The molecule has 1 fully saturated rings. The second-order valence-corrected chi connectivity index (χ2v) is 5.57. The predicted octanol–water partition coefficient (Wildman–Crippen LogP) is 1.55. The SMILES string of the molecule is NC(=O)CC1CCN(c2ccc(C(N)=S)c(F)c2)CC1. The van der Waals surface area contributed by atoms with Gasteiger partial charge in [0, 0.05) is 30.8 Å². The monoisotopic (exact) mass is 295 g/mol. The summed E-state index contributed by atoms with van der Waals surface area (Å²) in [5.74, 6) is -0.311. The molecule has 108 valence electrons. The first kappa shape index (κ1) is 14.7. The Kier molecular flexibility index (Phi) is 4.54. The normalized spacial score (nSPS) is 16.1. The molecule has 0 spiro atoms. The zero-order valence-electron chi connectivity index (χ0n) is 11.1. The lowest BCUT2D eigenvalue weighted by Gasteiger charge is -2.33. The van der Waals surface area contributed by atoms with Crippen LogP contribution in [0.1, 0.15) is 24.8 Å². The quantitative estimate of drug-likeness (QED) is 0.827. The highest BCUT2D eigenvalue weighted by molar-refractivity contribution is 7.80. The van der Waals surface area contributed by atoms with Crippen LogP contribution in [0.15, 0.2) is 18.2 Å². The molecule has 20 heavy (non-hydrogen) atoms. The van der Waals surface area contributed by atoms with Crippen LogP contribution < -0.4 is 16.4 Å². The van der Waals surface area contributed by atoms with Gasteiger partial charge in [0.15, 0.2) is 0 Å². The van der Waals surface area contributed by atoms with Gasteiger partial charge in [0.2, 0.25) is 5.91 Å². The third-order valence-electron chi connectivity index (χ3n) is 3.69. The van der Waals surface area contributed by atoms with E-state index in [2.05, 4.69) is 4.90 Å². The molecule has 1 aromatic carbocycles. The van der Waals surface area contributed by atoms with Crippen molar-refractivity contribution in [3.05, 3.63) is 29.6 Å². The lowest BCUT2D eigenvalue weighted by atomic mass is 9.93. The lowest BCUT2D eigenvalue weighted by Crippen LogP contribution is -2.35. The number of hydrogen-bond acceptors (Lipinski definition) is 3. The van der Waals surface area contributed by atoms with Crippen LogP contribution in [0.2, 0.25) is 0 Å². The van der Waals surface area contributed by atoms with Crippen molar-refractivity contribution in [3.63, 3.8) is 0 Å². The van der Waals surface area contributed by atoms with E-state index in [0.717, 1.165) is 31.6 Å². The van der Waals surface area contributed by atoms with Crippen LogP contribution in [0.3, 0.4) is 0 Å². The molecule has 0 aromatic heterocycles. The number of rotatable bonds is 4. The number of primary amides is 1. The highest BCUT2D eigenvalue weighted by Crippen LogP contribution is 2.26. The molecule has 1 saturated heterocycles. The fourth-order valence-corrected chi connectivity index (χ4v) is 2.75. The molecule has 1 amide bonds. The van der Waals surface area contributed by atoms with Crippen LogP contribution in [0.25, 0.3) is 0 Å². The van der Waals surface area contributed by atoms with Crippen LogP contribution in [0.4, 0.5) is 10.1 Å². The molecule has 2 rings (SSSR count). The number of thiocarbonyl (C=S) groups is 1. The van der Waals surface area contributed by atoms with Gasteiger partial charge in [-0.15, -0.1) is 0 Å². The summed E-state index contributed by atoms with van der Waals surface area (Å²) in [5, 5.41) is 0. The molecule has 1 aromatic rings. The summed E-state index contributed by atoms with van der Waals surface area (Å²) in [6, 6.07) is 4.90. The van der Waals surface area contributed by atoms with E-state index in [1.807, 2.05) is 6.07 Å². The van der Waals surface area contributed by atoms with Crippen molar-refractivity contribution in [2.75, 3.05) is 18.0 Å². The predicted molar refractivity (Wildman–Crippen MR) is 81.0 cm³/mol. The van der Waals surface area contributed by atoms with E-state index >= 15 is 0 Å². The Balaban J connectivity index is 2.02. The maximum absolute atomic E-state index is 13.8. The molecule has 0 bridgehead atoms. The second kappa shape index (κ2) is 6.17. The minimum absolute atomic E-state index is 0.0641. The number of amides is 1. The Morgan fingerprint density at radius 2 is 2.00 bits per heavy atom. The minimum atomic E-state index is -0.394. The van der Waals surface area contributed by atoms with E-state index in [0.29, 0.717) is 12.3 Å². The fraction of sp³-hybridized carbons (Fsp3) is 0.429. The van der Waals surface area contributed by atoms with Gasteiger partial charge >= 0.3 is 0 Å². The maximum atomic E-state index is 13.8. The summed E-state index contributed by atoms with van der Waals surface area (Å²) in [6.45, 7) is 1.59. The third-order valence-corrected chi connectivity index (χ3v) is 3.91. The molecule has 1 aliphatic heterocycles. The first-order valence-corrected chi connectivity index (χ1v) is 7.01. The highest BCUT2D eigenvalue weighted by Gasteiger charge is 2.21. The first-order chi connectivity index (χ1) is 9.47. The molecule has 1 aliphatic rings. The van der Waals surface area contributed by atoms with Crippen LogP contribution in [-0.4, -0.2) is 24.0 Å². The van der Waals surface area contributed by atoms with E-state index in [1.54, 1.807) is 6.07 Å². The lowest BCUT2D eigenvalue weighted by molar-refractivity contribution is -0.119. The molecule has 0 aliphatic carbocycles. The Morgan fingerprint density at radius 1 is 1.35 bits per heavy atom. The molecule has 4 nitrogen and oxygen atoms in total. The number of piperidine rings is 1. The summed E-state index contributed by atoms with van der Waals surface area (Å²) >= 11 is 4.79. The van der Waals surface area contributed by atoms with Gasteiger partial charge in [-0.2, -0.15) is 0 Å². The highest BCUT2D eigenvalue weighted by atomic mass is 32.1. The van der Waals surface area contributed by atoms with Gasteiger partial charge in [0.25, 0.3) is 0 Å². The molecular weight excluding hydrogens is 277 g/mol. The average Bonchev–Trinajstić information content (AvgIpc) is 2.38. The summed E-state index contributed by atoms with van der Waals surface area (Å²) in [6.07, 6.45) is 2.21. The van der Waals surface area contributed by atoms with Gasteiger partial charge in [0.05, 0.1) is 0 Å². The number of halogens is 1. The summed E-state index contributed by atoms with van der Waals surface area (Å²) in [7, 11) is 0. The number of benzene rings is 1. The second-order valence-electron chi connectivity index (χ2n) is 5.13. The van der Waals surface area contributed by atoms with Gasteiger partial charge in [0.1, 0.15) is 10.8 Å². The minimum Gasteiger partial charge on any atom is -0.389 e. The number of nitrogens with two attached hydrogens (primary N) is 2. The van der Waals surface area contributed by atoms with Crippen LogP contribution in [0.5, 0.6) is 0 Å². The first-order valence-electron chi connectivity index (χ1n) is 6.60. The zero-order chi connectivity index (χ0) is 14.7. The molecule has 0 atom stereocenters. The van der Waals surface area contributed by atoms with Gasteiger partial charge in [-0.3, -0.25) is 4.79 Å². The largest absolute Gasteiger partial charge is 0.389 e. The van der Waals surface area contributed by atoms with Gasteiger partial charge in [-0.25, -0.2) is 4.39 Å². The number of anilines is 1. The van der Waals surface area contributed by atoms with Gasteiger partial charge in [-0.1, -0.05) is 12.2 Å². The Morgan fingerprint density at radius 3 is 2.50 bits per heavy atom. The van der Waals surface area contributed by atoms with E-state index < -0.39 is 5.82 Å². The van der Waals surface area contributed by atoms with Crippen molar-refractivity contribution >= 4 is 28.8 Å². The zero-order valence-corrected chi connectivity index (χ0v) is 12.0. The van der Waals surface area contributed by atoms with E-state index in [9.17, 15) is 9.18 Å². The van der Waals surface area contributed by atoms with Crippen molar-refractivity contribution in [1.82, 2.24) is 0 Å². The van der Waals surface area contributed by atoms with Crippen molar-refractivity contribution in [3.8, 4) is 0 Å². The fourth-order valence-electron chi connectivity index (χ4n) is 2.58. The summed E-state index contributed by atoms with van der Waals surface area (Å²) in [4.78, 5) is 13.1. The number of carbonyl (C=O) groups excluding carboxylic acids is 1. The summed E-state index contributed by atoms with van der Waals surface area (Å²) in [5.41, 5.74) is 11.7. The van der Waals surface area contributed by atoms with Crippen molar-refractivity contribution in [2.45, 2.75) is 19.3 Å². The average molecular weight is 295 g/mol. The van der Waals surface area contributed by atoms with Crippen LogP contribution in [0, 0.1) is 11.7 Å². The molecule has 0 unspecified atom stereocenters. The molecule has 0 saturated carbocycles. The van der Waals surface area contributed by atoms with E-state index in [4.69, 9.17) is 23.7 Å². The molecule has 1 heterocycles. The Labute approximate surface area is 122 Å². The van der Waals surface area contributed by atoms with Crippen molar-refractivity contribution < 1.29 is 9.18 Å². The summed E-state index contributed by atoms with van der Waals surface area (Å²) < 4.78 is 13.8. The van der Waals surface area contributed by atoms with Crippen LogP contribution >= 0.6 is 12.2 Å². The topological polar surface area (TPSA) is 72.4 Å². The van der Waals surface area contributed by atoms with E-state index in [-0.39, 0.29) is 16.5 Å². The Bertz CT molecular complexity index is 527. The van der Waals surface area contributed by atoms with Crippen molar-refractivity contribution in [1.29, 1.82) is 0 Å². The third kappa shape index (κ3) is 3.45. The van der Waals surface area contributed by atoms with Gasteiger partial charge in [-0.05, 0) is 37.0 Å². The standard InChI is InChI=1S/C14H18FN3OS/c15-12-8-10(1-2-11(12)14(17)20)18-5-3-9(4-6-18)7-13(16)19/h1-2,8-9H,3-7H2,(H2,16,19)(H2,17,20). The number of hydrogen-bond donors (Lipinski definition) is 2. The number of nitrogens with zero attached hydrogens (tertiary/aromatic N) is 1. The van der Waals surface area contributed by atoms with Crippen LogP contribution in [-0.2, 0) is 4.79 Å². The molecule has 6 heteroatoms. The molecule has 4 N–H and O–H groups in total. The smallest absolute Gasteiger partial charge is 0.217 e.